The van der Waals surface area contributed by atoms with Crippen molar-refractivity contribution in [2.75, 3.05) is 26.2 Å². The minimum atomic E-state index is -3.08. The Morgan fingerprint density at radius 3 is 2.75 bits per heavy atom. The van der Waals surface area contributed by atoms with E-state index in [0.717, 1.165) is 12.8 Å². The number of carbonyl (C=O) groups excluding carboxylic acids is 2. The van der Waals surface area contributed by atoms with E-state index < -0.39 is 30.8 Å². The van der Waals surface area contributed by atoms with Crippen molar-refractivity contribution in [1.82, 2.24) is 10.2 Å². The van der Waals surface area contributed by atoms with Gasteiger partial charge in [-0.15, -0.1) is 0 Å². The molecule has 0 aliphatic carbocycles. The van der Waals surface area contributed by atoms with Crippen molar-refractivity contribution >= 4 is 11.8 Å². The molecule has 1 unspecified atom stereocenters. The monoisotopic (exact) mass is 291 g/mol. The van der Waals surface area contributed by atoms with E-state index in [4.69, 9.17) is 5.73 Å². The summed E-state index contributed by atoms with van der Waals surface area (Å²) in [6, 6.07) is 0. The first kappa shape index (κ1) is 16.8. The Bertz CT molecular complexity index is 351. The maximum atomic E-state index is 13.0. The third-order valence-corrected chi connectivity index (χ3v) is 3.43. The summed E-state index contributed by atoms with van der Waals surface area (Å²) in [7, 11) is 0. The molecule has 0 saturated carbocycles. The lowest BCUT2D eigenvalue weighted by atomic mass is 9.96. The summed E-state index contributed by atoms with van der Waals surface area (Å²) in [5, 5.41) is 2.23. The average Bonchev–Trinajstić information content (AvgIpc) is 2.45. The van der Waals surface area contributed by atoms with Gasteiger partial charge in [0, 0.05) is 19.5 Å². The van der Waals surface area contributed by atoms with Crippen molar-refractivity contribution < 1.29 is 18.4 Å². The van der Waals surface area contributed by atoms with E-state index in [9.17, 15) is 18.4 Å². The van der Waals surface area contributed by atoms with Gasteiger partial charge in [-0.1, -0.05) is 6.92 Å². The van der Waals surface area contributed by atoms with Gasteiger partial charge >= 0.3 is 0 Å². The summed E-state index contributed by atoms with van der Waals surface area (Å²) < 4.78 is 26.0. The van der Waals surface area contributed by atoms with Crippen molar-refractivity contribution in [3.05, 3.63) is 0 Å². The SMILES string of the molecule is CCCC(=O)N1CCCC(C(=O)NCC(F)(F)CN)C1. The quantitative estimate of drug-likeness (QED) is 0.758. The fourth-order valence-corrected chi connectivity index (χ4v) is 2.22. The fraction of sp³-hybridized carbons (Fsp3) is 0.846. The maximum absolute atomic E-state index is 13.0. The van der Waals surface area contributed by atoms with Crippen LogP contribution in [0.1, 0.15) is 32.6 Å². The summed E-state index contributed by atoms with van der Waals surface area (Å²) in [5.41, 5.74) is 4.91. The van der Waals surface area contributed by atoms with Gasteiger partial charge in [-0.25, -0.2) is 8.78 Å². The highest BCUT2D eigenvalue weighted by Crippen LogP contribution is 2.18. The summed E-state index contributed by atoms with van der Waals surface area (Å²) in [6.45, 7) is 1.34. The van der Waals surface area contributed by atoms with Crippen LogP contribution in [0.15, 0.2) is 0 Å². The summed E-state index contributed by atoms with van der Waals surface area (Å²) in [6.07, 6.45) is 2.56. The number of nitrogens with two attached hydrogens (primary N) is 1. The molecule has 7 heteroatoms. The molecule has 2 amide bonds. The van der Waals surface area contributed by atoms with E-state index in [1.807, 2.05) is 6.92 Å². The highest BCUT2D eigenvalue weighted by atomic mass is 19.3. The van der Waals surface area contributed by atoms with Gasteiger partial charge < -0.3 is 16.0 Å². The Labute approximate surface area is 117 Å². The number of halogens is 2. The first-order chi connectivity index (χ1) is 9.39. The molecule has 20 heavy (non-hydrogen) atoms. The zero-order valence-electron chi connectivity index (χ0n) is 11.8. The van der Waals surface area contributed by atoms with Crippen LogP contribution in [0.2, 0.25) is 0 Å². The van der Waals surface area contributed by atoms with Crippen LogP contribution in [0.5, 0.6) is 0 Å². The number of rotatable bonds is 6. The van der Waals surface area contributed by atoms with Crippen molar-refractivity contribution in [1.29, 1.82) is 0 Å². The molecule has 1 rings (SSSR count). The molecule has 0 aromatic rings. The normalized spacial score (nSPS) is 19.8. The minimum absolute atomic E-state index is 0.0253. The Morgan fingerprint density at radius 1 is 1.45 bits per heavy atom. The number of hydrogen-bond acceptors (Lipinski definition) is 3. The van der Waals surface area contributed by atoms with E-state index in [-0.39, 0.29) is 5.91 Å². The Hall–Kier alpha value is -1.24. The molecule has 116 valence electrons. The molecule has 1 aliphatic heterocycles. The van der Waals surface area contributed by atoms with Crippen LogP contribution in [0, 0.1) is 5.92 Å². The van der Waals surface area contributed by atoms with Crippen LogP contribution in [0.25, 0.3) is 0 Å². The van der Waals surface area contributed by atoms with E-state index in [0.29, 0.717) is 25.9 Å². The van der Waals surface area contributed by atoms with E-state index in [1.54, 1.807) is 4.90 Å². The molecule has 1 aliphatic rings. The van der Waals surface area contributed by atoms with Gasteiger partial charge in [-0.05, 0) is 19.3 Å². The second-order valence-corrected chi connectivity index (χ2v) is 5.21. The number of amides is 2. The van der Waals surface area contributed by atoms with Gasteiger partial charge in [-0.3, -0.25) is 9.59 Å². The molecule has 0 bridgehead atoms. The Morgan fingerprint density at radius 2 is 2.15 bits per heavy atom. The highest BCUT2D eigenvalue weighted by molar-refractivity contribution is 5.81. The molecule has 1 atom stereocenters. The molecule has 1 heterocycles. The van der Waals surface area contributed by atoms with Gasteiger partial charge in [0.05, 0.1) is 19.0 Å². The molecule has 1 fully saturated rings. The van der Waals surface area contributed by atoms with Gasteiger partial charge in [0.15, 0.2) is 0 Å². The largest absolute Gasteiger partial charge is 0.350 e. The third kappa shape index (κ3) is 5.03. The van der Waals surface area contributed by atoms with E-state index in [2.05, 4.69) is 5.32 Å². The minimum Gasteiger partial charge on any atom is -0.350 e. The highest BCUT2D eigenvalue weighted by Gasteiger charge is 2.31. The lowest BCUT2D eigenvalue weighted by molar-refractivity contribution is -0.136. The summed E-state index contributed by atoms with van der Waals surface area (Å²) in [5.74, 6) is -3.88. The molecule has 0 spiro atoms. The second-order valence-electron chi connectivity index (χ2n) is 5.21. The topological polar surface area (TPSA) is 75.4 Å². The molecule has 0 radical (unpaired) electrons. The average molecular weight is 291 g/mol. The smallest absolute Gasteiger partial charge is 0.277 e. The number of hydrogen-bond donors (Lipinski definition) is 2. The summed E-state index contributed by atoms with van der Waals surface area (Å²) >= 11 is 0. The molecule has 0 aromatic heterocycles. The fourth-order valence-electron chi connectivity index (χ4n) is 2.22. The van der Waals surface area contributed by atoms with Crippen molar-refractivity contribution in [2.45, 2.75) is 38.5 Å². The number of alkyl halides is 2. The van der Waals surface area contributed by atoms with Crippen molar-refractivity contribution in [3.63, 3.8) is 0 Å². The summed E-state index contributed by atoms with van der Waals surface area (Å²) in [4.78, 5) is 25.3. The first-order valence-electron chi connectivity index (χ1n) is 7.03. The number of likely N-dealkylation sites (tertiary alicyclic amines) is 1. The van der Waals surface area contributed by atoms with Crippen LogP contribution in [-0.2, 0) is 9.59 Å². The van der Waals surface area contributed by atoms with Gasteiger partial charge in [0.2, 0.25) is 11.8 Å². The Kier molecular flexibility index (Phi) is 6.32. The maximum Gasteiger partial charge on any atom is 0.277 e. The zero-order valence-corrected chi connectivity index (χ0v) is 11.8. The van der Waals surface area contributed by atoms with Gasteiger partial charge in [0.1, 0.15) is 0 Å². The number of piperidine rings is 1. The number of nitrogens with one attached hydrogen (secondary N) is 1. The molecular weight excluding hydrogens is 268 g/mol. The third-order valence-electron chi connectivity index (χ3n) is 3.43. The van der Waals surface area contributed by atoms with Gasteiger partial charge in [-0.2, -0.15) is 0 Å². The van der Waals surface area contributed by atoms with Crippen molar-refractivity contribution in [2.24, 2.45) is 11.7 Å². The van der Waals surface area contributed by atoms with E-state index >= 15 is 0 Å². The second kappa shape index (κ2) is 7.52. The first-order valence-corrected chi connectivity index (χ1v) is 7.03. The van der Waals surface area contributed by atoms with Gasteiger partial charge in [0.25, 0.3) is 5.92 Å². The lowest BCUT2D eigenvalue weighted by Gasteiger charge is -2.32. The predicted octanol–water partition coefficient (Wildman–Crippen LogP) is 0.735. The predicted molar refractivity (Wildman–Crippen MR) is 71.2 cm³/mol. The van der Waals surface area contributed by atoms with Crippen molar-refractivity contribution in [3.8, 4) is 0 Å². The lowest BCUT2D eigenvalue weighted by Crippen LogP contribution is -2.48. The van der Waals surface area contributed by atoms with Crippen LogP contribution >= 0.6 is 0 Å². The standard InChI is InChI=1S/C13H23F2N3O2/c1-2-4-11(19)18-6-3-5-10(7-18)12(20)17-9-13(14,15)8-16/h10H,2-9,16H2,1H3,(H,17,20). The molecule has 0 aromatic carbocycles. The molecule has 1 saturated heterocycles. The molecule has 3 N–H and O–H groups in total. The zero-order chi connectivity index (χ0) is 15.2. The molecular formula is C13H23F2N3O2. The Balaban J connectivity index is 2.46. The van der Waals surface area contributed by atoms with E-state index in [1.165, 1.54) is 0 Å². The van der Waals surface area contributed by atoms with Crippen LogP contribution < -0.4 is 11.1 Å². The van der Waals surface area contributed by atoms with Crippen LogP contribution in [-0.4, -0.2) is 48.8 Å². The molecule has 5 nitrogen and oxygen atoms in total. The number of carbonyl (C=O) groups is 2. The van der Waals surface area contributed by atoms with Crippen LogP contribution in [0.3, 0.4) is 0 Å². The van der Waals surface area contributed by atoms with Crippen LogP contribution in [0.4, 0.5) is 8.78 Å². The number of nitrogens with zero attached hydrogens (tertiary/aromatic N) is 1.